The van der Waals surface area contributed by atoms with Crippen LogP contribution in [0.15, 0.2) is 23.1 Å². The molecule has 0 aliphatic heterocycles. The van der Waals surface area contributed by atoms with Crippen LogP contribution in [0, 0.1) is 0 Å². The molecule has 1 aromatic rings. The van der Waals surface area contributed by atoms with Crippen molar-refractivity contribution >= 4 is 23.4 Å². The number of rotatable bonds is 4. The molecule has 0 radical (unpaired) electrons. The third-order valence-electron chi connectivity index (χ3n) is 2.04. The lowest BCUT2D eigenvalue weighted by Crippen LogP contribution is -2.21. The second kappa shape index (κ2) is 5.99. The van der Waals surface area contributed by atoms with Gasteiger partial charge >= 0.3 is 6.18 Å². The van der Waals surface area contributed by atoms with Crippen molar-refractivity contribution in [1.82, 2.24) is 0 Å². The van der Waals surface area contributed by atoms with Crippen LogP contribution in [-0.4, -0.2) is 25.4 Å². The van der Waals surface area contributed by atoms with Gasteiger partial charge in [0.2, 0.25) is 5.91 Å². The number of anilines is 1. The minimum absolute atomic E-state index is 0.226. The van der Waals surface area contributed by atoms with E-state index in [-0.39, 0.29) is 5.69 Å². The maximum absolute atomic E-state index is 12.0. The van der Waals surface area contributed by atoms with Gasteiger partial charge in [0.25, 0.3) is 0 Å². The number of hydrogen-bond acceptors (Lipinski definition) is 3. The maximum Gasteiger partial charge on any atom is 0.397 e. The Morgan fingerprint density at radius 1 is 1.44 bits per heavy atom. The number of benzene rings is 1. The molecule has 1 N–H and O–H groups in total. The normalized spacial score (nSPS) is 11.2. The van der Waals surface area contributed by atoms with Crippen LogP contribution >= 0.6 is 11.8 Å². The number of hydrogen-bond donors (Lipinski definition) is 1. The van der Waals surface area contributed by atoms with Crippen LogP contribution in [-0.2, 0) is 4.79 Å². The van der Waals surface area contributed by atoms with Crippen molar-refractivity contribution < 1.29 is 22.7 Å². The first kappa shape index (κ1) is 14.7. The molecule has 1 amide bonds. The molecule has 0 bridgehead atoms. The predicted molar refractivity (Wildman–Crippen MR) is 64.1 cm³/mol. The number of nitrogens with one attached hydrogen (secondary N) is 1. The third kappa shape index (κ3) is 4.48. The van der Waals surface area contributed by atoms with Crippen LogP contribution in [0.3, 0.4) is 0 Å². The van der Waals surface area contributed by atoms with E-state index in [0.29, 0.717) is 5.75 Å². The molecule has 0 spiro atoms. The van der Waals surface area contributed by atoms with E-state index >= 15 is 0 Å². The summed E-state index contributed by atoms with van der Waals surface area (Å²) in [5, 5.41) is 2.18. The van der Waals surface area contributed by atoms with Crippen molar-refractivity contribution in [3.63, 3.8) is 0 Å². The lowest BCUT2D eigenvalue weighted by Gasteiger charge is -2.12. The van der Waals surface area contributed by atoms with Gasteiger partial charge in [-0.15, -0.1) is 11.8 Å². The molecule has 0 saturated heterocycles. The molecule has 0 saturated carbocycles. The SMILES string of the molecule is COc1cc(SC)ccc1NC(=O)CC(F)(F)F. The second-order valence-electron chi connectivity index (χ2n) is 3.41. The highest BCUT2D eigenvalue weighted by molar-refractivity contribution is 7.98. The Hall–Kier alpha value is -1.37. The van der Waals surface area contributed by atoms with Crippen molar-refractivity contribution in [3.05, 3.63) is 18.2 Å². The molecule has 0 aliphatic rings. The average molecular weight is 279 g/mol. The highest BCUT2D eigenvalue weighted by atomic mass is 32.2. The topological polar surface area (TPSA) is 38.3 Å². The zero-order chi connectivity index (χ0) is 13.8. The largest absolute Gasteiger partial charge is 0.495 e. The first-order valence-electron chi connectivity index (χ1n) is 4.94. The monoisotopic (exact) mass is 279 g/mol. The van der Waals surface area contributed by atoms with Gasteiger partial charge in [0, 0.05) is 4.90 Å². The van der Waals surface area contributed by atoms with E-state index in [1.165, 1.54) is 24.9 Å². The molecule has 3 nitrogen and oxygen atoms in total. The smallest absolute Gasteiger partial charge is 0.397 e. The van der Waals surface area contributed by atoms with Crippen LogP contribution in [0.5, 0.6) is 5.75 Å². The summed E-state index contributed by atoms with van der Waals surface area (Å²) in [5.41, 5.74) is 0.226. The Morgan fingerprint density at radius 3 is 2.61 bits per heavy atom. The van der Waals surface area contributed by atoms with Gasteiger partial charge in [-0.05, 0) is 24.5 Å². The first-order valence-corrected chi connectivity index (χ1v) is 6.17. The molecule has 0 aliphatic carbocycles. The molecule has 18 heavy (non-hydrogen) atoms. The van der Waals surface area contributed by atoms with Gasteiger partial charge in [-0.1, -0.05) is 0 Å². The van der Waals surface area contributed by atoms with Crippen LogP contribution < -0.4 is 10.1 Å². The van der Waals surface area contributed by atoms with E-state index < -0.39 is 18.5 Å². The lowest BCUT2D eigenvalue weighted by molar-refractivity contribution is -0.150. The van der Waals surface area contributed by atoms with Crippen molar-refractivity contribution in [2.75, 3.05) is 18.7 Å². The number of carbonyl (C=O) groups is 1. The Balaban J connectivity index is 2.81. The van der Waals surface area contributed by atoms with Crippen molar-refractivity contribution in [2.24, 2.45) is 0 Å². The highest BCUT2D eigenvalue weighted by Crippen LogP contribution is 2.30. The Bertz CT molecular complexity index is 435. The fourth-order valence-electron chi connectivity index (χ4n) is 1.28. The summed E-state index contributed by atoms with van der Waals surface area (Å²) in [6, 6.07) is 4.85. The molecule has 1 aromatic carbocycles. The average Bonchev–Trinajstić information content (AvgIpc) is 2.27. The summed E-state index contributed by atoms with van der Waals surface area (Å²) in [6.07, 6.45) is -4.17. The molecular formula is C11H12F3NO2S. The Kier molecular flexibility index (Phi) is 4.89. The fourth-order valence-corrected chi connectivity index (χ4v) is 1.71. The van der Waals surface area contributed by atoms with Gasteiger partial charge in [0.15, 0.2) is 0 Å². The summed E-state index contributed by atoms with van der Waals surface area (Å²) < 4.78 is 41.1. The Labute approximate surface area is 107 Å². The molecule has 0 atom stereocenters. The number of alkyl halides is 3. The zero-order valence-electron chi connectivity index (χ0n) is 9.80. The molecule has 0 unspecified atom stereocenters. The summed E-state index contributed by atoms with van der Waals surface area (Å²) >= 11 is 1.46. The number of ether oxygens (including phenoxy) is 1. The number of halogens is 3. The van der Waals surface area contributed by atoms with Gasteiger partial charge in [0.1, 0.15) is 12.2 Å². The summed E-state index contributed by atoms with van der Waals surface area (Å²) in [5.74, 6) is -0.782. The molecule has 0 aromatic heterocycles. The minimum atomic E-state index is -4.52. The van der Waals surface area contributed by atoms with Crippen molar-refractivity contribution in [1.29, 1.82) is 0 Å². The van der Waals surface area contributed by atoms with E-state index in [1.807, 2.05) is 6.26 Å². The van der Waals surface area contributed by atoms with Crippen LogP contribution in [0.25, 0.3) is 0 Å². The van der Waals surface area contributed by atoms with E-state index in [2.05, 4.69) is 5.32 Å². The molecule has 100 valence electrons. The second-order valence-corrected chi connectivity index (χ2v) is 4.29. The van der Waals surface area contributed by atoms with E-state index in [1.54, 1.807) is 12.1 Å². The molecule has 0 fully saturated rings. The Morgan fingerprint density at radius 2 is 2.11 bits per heavy atom. The number of amides is 1. The third-order valence-corrected chi connectivity index (χ3v) is 2.77. The van der Waals surface area contributed by atoms with Gasteiger partial charge in [-0.3, -0.25) is 4.79 Å². The van der Waals surface area contributed by atoms with Crippen molar-refractivity contribution in [3.8, 4) is 5.75 Å². The number of thioether (sulfide) groups is 1. The van der Waals surface area contributed by atoms with E-state index in [4.69, 9.17) is 4.74 Å². The van der Waals surface area contributed by atoms with Crippen LogP contribution in [0.4, 0.5) is 18.9 Å². The number of methoxy groups -OCH3 is 1. The van der Waals surface area contributed by atoms with Gasteiger partial charge in [-0.2, -0.15) is 13.2 Å². The predicted octanol–water partition coefficient (Wildman–Crippen LogP) is 3.31. The van der Waals surface area contributed by atoms with E-state index in [9.17, 15) is 18.0 Å². The van der Waals surface area contributed by atoms with Crippen LogP contribution in [0.2, 0.25) is 0 Å². The quantitative estimate of drug-likeness (QED) is 0.859. The van der Waals surface area contributed by atoms with Gasteiger partial charge < -0.3 is 10.1 Å². The maximum atomic E-state index is 12.0. The molecule has 7 heteroatoms. The standard InChI is InChI=1S/C11H12F3NO2S/c1-17-9-5-7(18-2)3-4-8(9)15-10(16)6-11(12,13)14/h3-5H,6H2,1-2H3,(H,15,16). The lowest BCUT2D eigenvalue weighted by atomic mass is 10.2. The number of carbonyl (C=O) groups excluding carboxylic acids is 1. The highest BCUT2D eigenvalue weighted by Gasteiger charge is 2.31. The zero-order valence-corrected chi connectivity index (χ0v) is 10.6. The molecule has 1 rings (SSSR count). The summed E-state index contributed by atoms with van der Waals surface area (Å²) in [7, 11) is 1.39. The van der Waals surface area contributed by atoms with Gasteiger partial charge in [-0.25, -0.2) is 0 Å². The van der Waals surface area contributed by atoms with Crippen LogP contribution in [0.1, 0.15) is 6.42 Å². The molecule has 0 heterocycles. The first-order chi connectivity index (χ1) is 8.35. The fraction of sp³-hybridized carbons (Fsp3) is 0.364. The van der Waals surface area contributed by atoms with E-state index in [0.717, 1.165) is 4.90 Å². The minimum Gasteiger partial charge on any atom is -0.495 e. The van der Waals surface area contributed by atoms with Gasteiger partial charge in [0.05, 0.1) is 12.8 Å². The summed E-state index contributed by atoms with van der Waals surface area (Å²) in [4.78, 5) is 12.0. The molecular weight excluding hydrogens is 267 g/mol. The van der Waals surface area contributed by atoms with Crippen molar-refractivity contribution in [2.45, 2.75) is 17.5 Å². The summed E-state index contributed by atoms with van der Waals surface area (Å²) in [6.45, 7) is 0.